The van der Waals surface area contributed by atoms with Crippen molar-refractivity contribution in [3.63, 3.8) is 0 Å². The highest BCUT2D eigenvalue weighted by atomic mass is 32.1. The minimum atomic E-state index is -5.50. The van der Waals surface area contributed by atoms with Crippen molar-refractivity contribution in [2.24, 2.45) is 5.73 Å². The Morgan fingerprint density at radius 1 is 1.20 bits per heavy atom. The van der Waals surface area contributed by atoms with E-state index < -0.39 is 25.1 Å². The molecule has 0 unspecified atom stereocenters. The van der Waals surface area contributed by atoms with Crippen LogP contribution in [0.1, 0.15) is 10.4 Å². The lowest BCUT2D eigenvalue weighted by molar-refractivity contribution is -0.324. The van der Waals surface area contributed by atoms with Crippen molar-refractivity contribution < 1.29 is 31.1 Å². The molecule has 0 aliphatic carbocycles. The van der Waals surface area contributed by atoms with Crippen molar-refractivity contribution in [2.75, 3.05) is 6.54 Å². The smallest absolute Gasteiger partial charge is 0.355 e. The summed E-state index contributed by atoms with van der Waals surface area (Å²) in [5.41, 5.74) is 5.60. The molecule has 2 nitrogen and oxygen atoms in total. The molecule has 0 aliphatic rings. The van der Waals surface area contributed by atoms with Gasteiger partial charge in [-0.15, -0.1) is 11.3 Å². The summed E-state index contributed by atoms with van der Waals surface area (Å²) in [5.74, 6) is 5.12. The van der Waals surface area contributed by atoms with Crippen molar-refractivity contribution in [3.8, 4) is 11.8 Å². The van der Waals surface area contributed by atoms with Crippen LogP contribution in [-0.4, -0.2) is 25.0 Å². The molecular weight excluding hydrogens is 308 g/mol. The van der Waals surface area contributed by atoms with E-state index in [0.717, 1.165) is 11.3 Å². The maximum Gasteiger partial charge on any atom is 0.423 e. The number of halogens is 6. The quantitative estimate of drug-likeness (QED) is 0.687. The summed E-state index contributed by atoms with van der Waals surface area (Å²) in [4.78, 5) is 0.213. The fourth-order valence-electron chi connectivity index (χ4n) is 1.22. The molecule has 0 saturated heterocycles. The number of hydrogen-bond donors (Lipinski definition) is 1. The number of alkyl halides is 6. The molecule has 0 spiro atoms. The third-order valence-electron chi connectivity index (χ3n) is 1.98. The van der Waals surface area contributed by atoms with Gasteiger partial charge in [-0.3, -0.25) is 0 Å². The first kappa shape index (κ1) is 16.8. The number of ether oxygens (including phenoxy) is 1. The van der Waals surface area contributed by atoms with Crippen molar-refractivity contribution in [3.05, 3.63) is 21.9 Å². The topological polar surface area (TPSA) is 35.2 Å². The van der Waals surface area contributed by atoms with Gasteiger partial charge in [0.2, 0.25) is 6.10 Å². The van der Waals surface area contributed by atoms with Crippen LogP contribution in [0.3, 0.4) is 0 Å². The molecule has 20 heavy (non-hydrogen) atoms. The van der Waals surface area contributed by atoms with E-state index in [-0.39, 0.29) is 11.4 Å². The van der Waals surface area contributed by atoms with Gasteiger partial charge in [0, 0.05) is 15.8 Å². The molecule has 0 amide bonds. The maximum absolute atomic E-state index is 12.2. The first-order valence-corrected chi connectivity index (χ1v) is 6.04. The molecule has 0 aromatic carbocycles. The van der Waals surface area contributed by atoms with Crippen LogP contribution in [0.15, 0.2) is 11.4 Å². The number of hydrogen-bond acceptors (Lipinski definition) is 3. The minimum Gasteiger partial charge on any atom is -0.355 e. The first-order chi connectivity index (χ1) is 9.14. The van der Waals surface area contributed by atoms with Crippen LogP contribution in [0.2, 0.25) is 0 Å². The Labute approximate surface area is 114 Å². The van der Waals surface area contributed by atoms with Crippen LogP contribution in [-0.2, 0) is 11.3 Å². The second kappa shape index (κ2) is 6.47. The van der Waals surface area contributed by atoms with Gasteiger partial charge >= 0.3 is 12.4 Å². The van der Waals surface area contributed by atoms with Gasteiger partial charge in [0.25, 0.3) is 0 Å². The Bertz CT molecular complexity index is 481. The zero-order chi connectivity index (χ0) is 15.4. The van der Waals surface area contributed by atoms with Crippen LogP contribution < -0.4 is 5.73 Å². The van der Waals surface area contributed by atoms with Gasteiger partial charge in [-0.1, -0.05) is 11.8 Å². The molecule has 112 valence electrons. The van der Waals surface area contributed by atoms with Crippen molar-refractivity contribution in [1.29, 1.82) is 0 Å². The second-order valence-electron chi connectivity index (χ2n) is 3.58. The summed E-state index contributed by atoms with van der Waals surface area (Å²) >= 11 is 0.960. The van der Waals surface area contributed by atoms with E-state index in [1.54, 1.807) is 0 Å². The molecule has 1 heterocycles. The normalized spacial score (nSPS) is 12.4. The highest BCUT2D eigenvalue weighted by Crippen LogP contribution is 2.36. The van der Waals surface area contributed by atoms with Gasteiger partial charge in [-0.2, -0.15) is 26.3 Å². The summed E-state index contributed by atoms with van der Waals surface area (Å²) in [6, 6.07) is 1.36. The van der Waals surface area contributed by atoms with E-state index in [1.807, 2.05) is 0 Å². The number of rotatable bonds is 3. The maximum atomic E-state index is 12.2. The van der Waals surface area contributed by atoms with Gasteiger partial charge in [0.15, 0.2) is 0 Å². The van der Waals surface area contributed by atoms with Crippen LogP contribution in [0.4, 0.5) is 26.3 Å². The van der Waals surface area contributed by atoms with E-state index in [0.29, 0.717) is 5.56 Å². The summed E-state index contributed by atoms with van der Waals surface area (Å²) in [7, 11) is 0. The Balaban J connectivity index is 2.71. The predicted molar refractivity (Wildman–Crippen MR) is 60.9 cm³/mol. The monoisotopic (exact) mass is 317 g/mol. The van der Waals surface area contributed by atoms with Gasteiger partial charge in [-0.25, -0.2) is 0 Å². The molecule has 1 rings (SSSR count). The summed E-state index contributed by atoms with van der Waals surface area (Å²) < 4.78 is 77.2. The average molecular weight is 317 g/mol. The fraction of sp³-hybridized carbons (Fsp3) is 0.455. The molecule has 9 heteroatoms. The molecule has 0 fully saturated rings. The van der Waals surface area contributed by atoms with E-state index in [4.69, 9.17) is 5.73 Å². The Morgan fingerprint density at radius 2 is 1.80 bits per heavy atom. The van der Waals surface area contributed by atoms with E-state index in [2.05, 4.69) is 16.6 Å². The lowest BCUT2D eigenvalue weighted by atomic mass is 10.3. The summed E-state index contributed by atoms with van der Waals surface area (Å²) in [6.07, 6.45) is -14.8. The highest BCUT2D eigenvalue weighted by Gasteiger charge is 2.57. The zero-order valence-electron chi connectivity index (χ0n) is 9.81. The predicted octanol–water partition coefficient (Wildman–Crippen LogP) is 3.07. The largest absolute Gasteiger partial charge is 0.423 e. The van der Waals surface area contributed by atoms with Crippen molar-refractivity contribution >= 4 is 11.3 Å². The zero-order valence-corrected chi connectivity index (χ0v) is 10.6. The second-order valence-corrected chi connectivity index (χ2v) is 4.58. The van der Waals surface area contributed by atoms with Crippen molar-refractivity contribution in [1.82, 2.24) is 0 Å². The third kappa shape index (κ3) is 5.03. The molecule has 1 aromatic rings. The summed E-state index contributed by atoms with van der Waals surface area (Å²) in [5, 5.41) is 1.50. The Kier molecular flexibility index (Phi) is 5.44. The lowest BCUT2D eigenvalue weighted by Gasteiger charge is -2.22. The van der Waals surface area contributed by atoms with E-state index in [9.17, 15) is 26.3 Å². The first-order valence-electron chi connectivity index (χ1n) is 5.16. The Morgan fingerprint density at radius 3 is 2.30 bits per heavy atom. The average Bonchev–Trinajstić information content (AvgIpc) is 2.70. The summed E-state index contributed by atoms with van der Waals surface area (Å²) in [6.45, 7) is -0.690. The molecule has 0 bridgehead atoms. The highest BCUT2D eigenvalue weighted by molar-refractivity contribution is 7.10. The molecular formula is C11H9F6NOS. The fourth-order valence-corrected chi connectivity index (χ4v) is 1.95. The minimum absolute atomic E-state index is 0.103. The third-order valence-corrected chi connectivity index (χ3v) is 2.89. The number of thiophene rings is 1. The molecule has 0 atom stereocenters. The van der Waals surface area contributed by atoms with Crippen LogP contribution >= 0.6 is 11.3 Å². The number of nitrogens with two attached hydrogens (primary N) is 1. The van der Waals surface area contributed by atoms with Crippen LogP contribution in [0.25, 0.3) is 0 Å². The van der Waals surface area contributed by atoms with E-state index in [1.165, 1.54) is 11.4 Å². The molecule has 0 saturated carbocycles. The van der Waals surface area contributed by atoms with Gasteiger partial charge in [0.05, 0.1) is 13.2 Å². The van der Waals surface area contributed by atoms with Gasteiger partial charge < -0.3 is 10.5 Å². The van der Waals surface area contributed by atoms with Gasteiger partial charge in [0.1, 0.15) is 0 Å². The Hall–Kier alpha value is -1.24. The molecule has 2 N–H and O–H groups in total. The SMILES string of the molecule is NCC#Cc1csc(COC(C(F)(F)F)C(F)(F)F)c1. The van der Waals surface area contributed by atoms with Crippen LogP contribution in [0, 0.1) is 11.8 Å². The molecule has 1 aromatic heterocycles. The van der Waals surface area contributed by atoms with Crippen LogP contribution in [0.5, 0.6) is 0 Å². The molecule has 0 radical (unpaired) electrons. The molecule has 0 aliphatic heterocycles. The standard InChI is InChI=1S/C11H9F6NOS/c12-10(13,14)9(11(15,16)17)19-5-8-4-7(6-20-8)2-1-3-18/h4,6,9H,3,5,18H2. The van der Waals surface area contributed by atoms with Gasteiger partial charge in [-0.05, 0) is 6.07 Å². The lowest BCUT2D eigenvalue weighted by Crippen LogP contribution is -2.44. The van der Waals surface area contributed by atoms with Crippen molar-refractivity contribution in [2.45, 2.75) is 25.1 Å². The van der Waals surface area contributed by atoms with E-state index >= 15 is 0 Å².